The van der Waals surface area contributed by atoms with Crippen molar-refractivity contribution in [1.82, 2.24) is 0 Å². The van der Waals surface area contributed by atoms with Crippen molar-refractivity contribution in [2.75, 3.05) is 13.2 Å². The molecular formula is C16H13Cl2FO2. The molecule has 110 valence electrons. The number of halogens is 3. The summed E-state index contributed by atoms with van der Waals surface area (Å²) in [5, 5.41) is -0.0751. The van der Waals surface area contributed by atoms with Crippen LogP contribution in [0.2, 0.25) is 5.02 Å². The SMILES string of the molecule is Fc1cccc(C(Cl)c2cc3c(cc2Cl)OCCCO3)c1. The Labute approximate surface area is 132 Å². The average molecular weight is 327 g/mol. The molecule has 0 amide bonds. The van der Waals surface area contributed by atoms with Gasteiger partial charge in [0.2, 0.25) is 0 Å². The summed E-state index contributed by atoms with van der Waals surface area (Å²) in [7, 11) is 0. The highest BCUT2D eigenvalue weighted by Crippen LogP contribution is 2.41. The van der Waals surface area contributed by atoms with Gasteiger partial charge >= 0.3 is 0 Å². The lowest BCUT2D eigenvalue weighted by molar-refractivity contribution is 0.297. The maximum absolute atomic E-state index is 13.3. The van der Waals surface area contributed by atoms with E-state index >= 15 is 0 Å². The first-order valence-electron chi connectivity index (χ1n) is 6.64. The van der Waals surface area contributed by atoms with Crippen molar-refractivity contribution in [3.63, 3.8) is 0 Å². The Kier molecular flexibility index (Phi) is 4.22. The maximum Gasteiger partial charge on any atom is 0.162 e. The first-order valence-corrected chi connectivity index (χ1v) is 7.45. The molecule has 1 atom stereocenters. The molecule has 0 aliphatic carbocycles. The second kappa shape index (κ2) is 6.12. The van der Waals surface area contributed by atoms with E-state index in [9.17, 15) is 4.39 Å². The van der Waals surface area contributed by atoms with Gasteiger partial charge in [0, 0.05) is 17.5 Å². The van der Waals surface area contributed by atoms with Crippen LogP contribution >= 0.6 is 23.2 Å². The van der Waals surface area contributed by atoms with Gasteiger partial charge in [0.15, 0.2) is 11.5 Å². The fourth-order valence-corrected chi connectivity index (χ4v) is 2.87. The minimum absolute atomic E-state index is 0.330. The zero-order valence-electron chi connectivity index (χ0n) is 11.1. The summed E-state index contributed by atoms with van der Waals surface area (Å²) in [6.45, 7) is 1.18. The Morgan fingerprint density at radius 2 is 1.76 bits per heavy atom. The zero-order valence-corrected chi connectivity index (χ0v) is 12.6. The van der Waals surface area contributed by atoms with Crippen molar-refractivity contribution < 1.29 is 13.9 Å². The van der Waals surface area contributed by atoms with Gasteiger partial charge in [0.1, 0.15) is 5.82 Å². The largest absolute Gasteiger partial charge is 0.490 e. The molecule has 0 saturated heterocycles. The van der Waals surface area contributed by atoms with Crippen LogP contribution in [0, 0.1) is 5.82 Å². The van der Waals surface area contributed by atoms with Crippen LogP contribution in [0.1, 0.15) is 22.9 Å². The summed E-state index contributed by atoms with van der Waals surface area (Å²) < 4.78 is 24.5. The summed E-state index contributed by atoms with van der Waals surface area (Å²) in [5.74, 6) is 0.905. The Bertz CT molecular complexity index is 661. The minimum Gasteiger partial charge on any atom is -0.490 e. The van der Waals surface area contributed by atoms with Crippen molar-refractivity contribution in [2.24, 2.45) is 0 Å². The molecule has 0 radical (unpaired) electrons. The topological polar surface area (TPSA) is 18.5 Å². The van der Waals surface area contributed by atoms with Crippen LogP contribution in [0.25, 0.3) is 0 Å². The van der Waals surface area contributed by atoms with Crippen LogP contribution in [-0.2, 0) is 0 Å². The highest BCUT2D eigenvalue weighted by atomic mass is 35.5. The predicted molar refractivity (Wildman–Crippen MR) is 81.2 cm³/mol. The van der Waals surface area contributed by atoms with E-state index in [0.717, 1.165) is 6.42 Å². The van der Waals surface area contributed by atoms with Crippen molar-refractivity contribution in [3.05, 3.63) is 58.4 Å². The predicted octanol–water partition coefficient (Wildman–Crippen LogP) is 4.97. The first kappa shape index (κ1) is 14.5. The molecule has 0 bridgehead atoms. The van der Waals surface area contributed by atoms with Crippen LogP contribution in [-0.4, -0.2) is 13.2 Å². The number of benzene rings is 2. The highest BCUT2D eigenvalue weighted by Gasteiger charge is 2.20. The minimum atomic E-state index is -0.551. The number of ether oxygens (including phenoxy) is 2. The molecule has 5 heteroatoms. The lowest BCUT2D eigenvalue weighted by Gasteiger charge is -2.15. The lowest BCUT2D eigenvalue weighted by atomic mass is 10.0. The monoisotopic (exact) mass is 326 g/mol. The van der Waals surface area contributed by atoms with Gasteiger partial charge in [-0.3, -0.25) is 0 Å². The molecule has 21 heavy (non-hydrogen) atoms. The summed E-state index contributed by atoms with van der Waals surface area (Å²) in [6, 6.07) is 9.63. The standard InChI is InChI=1S/C16H13Cl2FO2/c17-13-9-15-14(20-5-2-6-21-15)8-12(13)16(18)10-3-1-4-11(19)7-10/h1,3-4,7-9,16H,2,5-6H2. The third-order valence-corrected chi connectivity index (χ3v) is 4.10. The second-order valence-corrected chi connectivity index (χ2v) is 5.63. The van der Waals surface area contributed by atoms with Crippen molar-refractivity contribution >= 4 is 23.2 Å². The highest BCUT2D eigenvalue weighted by molar-refractivity contribution is 6.33. The van der Waals surface area contributed by atoms with Crippen LogP contribution in [0.5, 0.6) is 11.5 Å². The van der Waals surface area contributed by atoms with E-state index in [0.29, 0.717) is 40.9 Å². The van der Waals surface area contributed by atoms with Crippen LogP contribution in [0.4, 0.5) is 4.39 Å². The normalized spacial score (nSPS) is 15.4. The van der Waals surface area contributed by atoms with Crippen LogP contribution in [0.15, 0.2) is 36.4 Å². The fourth-order valence-electron chi connectivity index (χ4n) is 2.24. The number of fused-ring (bicyclic) bond motifs is 1. The molecule has 0 saturated carbocycles. The van der Waals surface area contributed by atoms with E-state index in [2.05, 4.69) is 0 Å². The smallest absolute Gasteiger partial charge is 0.162 e. The molecular weight excluding hydrogens is 314 g/mol. The second-order valence-electron chi connectivity index (χ2n) is 4.79. The molecule has 1 heterocycles. The summed E-state index contributed by atoms with van der Waals surface area (Å²) >= 11 is 12.7. The van der Waals surface area contributed by atoms with Gasteiger partial charge in [0.05, 0.1) is 18.6 Å². The molecule has 0 aromatic heterocycles. The summed E-state index contributed by atoms with van der Waals surface area (Å²) in [6.07, 6.45) is 0.815. The van der Waals surface area contributed by atoms with Gasteiger partial charge in [-0.2, -0.15) is 0 Å². The lowest BCUT2D eigenvalue weighted by Crippen LogP contribution is -1.98. The van der Waals surface area contributed by atoms with Gasteiger partial charge in [-0.25, -0.2) is 4.39 Å². The van der Waals surface area contributed by atoms with Gasteiger partial charge in [-0.1, -0.05) is 23.7 Å². The summed E-state index contributed by atoms with van der Waals surface area (Å²) in [5.41, 5.74) is 1.32. The van der Waals surface area contributed by atoms with Gasteiger partial charge in [-0.05, 0) is 29.3 Å². The summed E-state index contributed by atoms with van der Waals surface area (Å²) in [4.78, 5) is 0. The van der Waals surface area contributed by atoms with E-state index in [4.69, 9.17) is 32.7 Å². The third-order valence-electron chi connectivity index (χ3n) is 3.28. The van der Waals surface area contributed by atoms with E-state index in [-0.39, 0.29) is 5.82 Å². The molecule has 0 spiro atoms. The zero-order chi connectivity index (χ0) is 14.8. The molecule has 3 rings (SSSR count). The fraction of sp³-hybridized carbons (Fsp3) is 0.250. The molecule has 0 fully saturated rings. The molecule has 1 aliphatic rings. The van der Waals surface area contributed by atoms with Gasteiger partial charge < -0.3 is 9.47 Å². The van der Waals surface area contributed by atoms with Gasteiger partial charge in [-0.15, -0.1) is 11.6 Å². The van der Waals surface area contributed by atoms with Crippen molar-refractivity contribution in [2.45, 2.75) is 11.8 Å². The molecule has 2 aromatic carbocycles. The first-order chi connectivity index (χ1) is 10.1. The third kappa shape index (κ3) is 3.09. The maximum atomic E-state index is 13.3. The average Bonchev–Trinajstić information content (AvgIpc) is 2.70. The molecule has 2 aromatic rings. The van der Waals surface area contributed by atoms with E-state index in [1.165, 1.54) is 12.1 Å². The van der Waals surface area contributed by atoms with E-state index in [1.807, 2.05) is 0 Å². The quantitative estimate of drug-likeness (QED) is 0.725. The molecule has 0 N–H and O–H groups in total. The Balaban J connectivity index is 2.00. The van der Waals surface area contributed by atoms with Crippen molar-refractivity contribution in [1.29, 1.82) is 0 Å². The Morgan fingerprint density at radius 1 is 1.05 bits per heavy atom. The van der Waals surface area contributed by atoms with Crippen LogP contribution in [0.3, 0.4) is 0 Å². The van der Waals surface area contributed by atoms with E-state index < -0.39 is 5.38 Å². The van der Waals surface area contributed by atoms with Gasteiger partial charge in [0.25, 0.3) is 0 Å². The van der Waals surface area contributed by atoms with E-state index in [1.54, 1.807) is 24.3 Å². The number of rotatable bonds is 2. The molecule has 1 unspecified atom stereocenters. The van der Waals surface area contributed by atoms with Crippen molar-refractivity contribution in [3.8, 4) is 11.5 Å². The molecule has 2 nitrogen and oxygen atoms in total. The number of hydrogen-bond acceptors (Lipinski definition) is 2. The Hall–Kier alpha value is -1.45. The Morgan fingerprint density at radius 3 is 2.48 bits per heavy atom. The number of hydrogen-bond donors (Lipinski definition) is 0. The van der Waals surface area contributed by atoms with Crippen LogP contribution < -0.4 is 9.47 Å². The number of alkyl halides is 1. The molecule has 1 aliphatic heterocycles.